The number of ketones is 1. The molecule has 3 heterocycles. The van der Waals surface area contributed by atoms with Gasteiger partial charge in [0.25, 0.3) is 0 Å². The number of hydrogen-bond acceptors (Lipinski definition) is 5. The molecule has 4 rings (SSSR count). The number of aromatic amines is 1. The van der Waals surface area contributed by atoms with Crippen molar-refractivity contribution < 1.29 is 14.3 Å². The van der Waals surface area contributed by atoms with Gasteiger partial charge in [-0.3, -0.25) is 20.0 Å². The Morgan fingerprint density at radius 3 is 3.00 bits per heavy atom. The number of nitrogens with zero attached hydrogens (tertiary/aromatic N) is 3. The number of nitrogens with one attached hydrogen (secondary N) is 2. The minimum atomic E-state index is -0.185. The van der Waals surface area contributed by atoms with Crippen LogP contribution in [0.15, 0.2) is 30.5 Å². The molecule has 0 aliphatic carbocycles. The average molecular weight is 367 g/mol. The van der Waals surface area contributed by atoms with Gasteiger partial charge < -0.3 is 9.30 Å². The second-order valence-corrected chi connectivity index (χ2v) is 6.65. The van der Waals surface area contributed by atoms with Gasteiger partial charge in [-0.15, -0.1) is 5.10 Å². The van der Waals surface area contributed by atoms with Gasteiger partial charge in [-0.2, -0.15) is 4.98 Å². The highest BCUT2D eigenvalue weighted by molar-refractivity contribution is 6.07. The maximum atomic E-state index is 12.3. The van der Waals surface area contributed by atoms with E-state index in [9.17, 15) is 9.59 Å². The van der Waals surface area contributed by atoms with Gasteiger partial charge >= 0.3 is 0 Å². The Morgan fingerprint density at radius 2 is 2.22 bits per heavy atom. The van der Waals surface area contributed by atoms with Crippen LogP contribution in [0, 0.1) is 0 Å². The summed E-state index contributed by atoms with van der Waals surface area (Å²) in [6, 6.07) is 7.69. The minimum absolute atomic E-state index is 0.0109. The van der Waals surface area contributed by atoms with Crippen LogP contribution in [0.5, 0.6) is 0 Å². The highest BCUT2D eigenvalue weighted by atomic mass is 16.5. The van der Waals surface area contributed by atoms with Gasteiger partial charge in [-0.25, -0.2) is 0 Å². The summed E-state index contributed by atoms with van der Waals surface area (Å²) in [4.78, 5) is 28.4. The van der Waals surface area contributed by atoms with Crippen molar-refractivity contribution in [1.82, 2.24) is 19.7 Å². The molecule has 140 valence electrons. The Morgan fingerprint density at radius 1 is 1.37 bits per heavy atom. The fourth-order valence-corrected chi connectivity index (χ4v) is 3.39. The van der Waals surface area contributed by atoms with Crippen molar-refractivity contribution >= 4 is 28.5 Å². The fourth-order valence-electron chi connectivity index (χ4n) is 3.39. The zero-order chi connectivity index (χ0) is 18.8. The predicted octanol–water partition coefficient (Wildman–Crippen LogP) is 2.84. The number of H-pyrrole nitrogens is 1. The molecule has 0 bridgehead atoms. The molecule has 2 N–H and O–H groups in total. The second-order valence-electron chi connectivity index (χ2n) is 6.65. The molecule has 1 aromatic carbocycles. The number of carbonyl (C=O) groups is 2. The van der Waals surface area contributed by atoms with Crippen molar-refractivity contribution in [3.05, 3.63) is 41.9 Å². The molecule has 8 nitrogen and oxygen atoms in total. The summed E-state index contributed by atoms with van der Waals surface area (Å²) in [5, 5.41) is 10.5. The number of amides is 1. The van der Waals surface area contributed by atoms with E-state index in [-0.39, 0.29) is 30.2 Å². The van der Waals surface area contributed by atoms with E-state index in [2.05, 4.69) is 20.5 Å². The lowest BCUT2D eigenvalue weighted by Gasteiger charge is -2.05. The number of aromatic nitrogens is 4. The van der Waals surface area contributed by atoms with Crippen LogP contribution in [0.25, 0.3) is 10.9 Å². The van der Waals surface area contributed by atoms with Crippen molar-refractivity contribution in [3.8, 4) is 0 Å². The first kappa shape index (κ1) is 17.4. The number of benzene rings is 1. The average Bonchev–Trinajstić information content (AvgIpc) is 3.39. The zero-order valence-corrected chi connectivity index (χ0v) is 15.1. The molecule has 1 aliphatic heterocycles. The van der Waals surface area contributed by atoms with E-state index >= 15 is 0 Å². The summed E-state index contributed by atoms with van der Waals surface area (Å²) in [6.07, 6.45) is 3.89. The smallest absolute Gasteiger partial charge is 0.248 e. The van der Waals surface area contributed by atoms with E-state index in [1.807, 2.05) is 35.0 Å². The third-order valence-corrected chi connectivity index (χ3v) is 4.74. The van der Waals surface area contributed by atoms with Crippen LogP contribution in [0.4, 0.5) is 5.95 Å². The number of anilines is 1. The number of fused-ring (bicyclic) bond motifs is 1. The molecule has 8 heteroatoms. The van der Waals surface area contributed by atoms with Crippen molar-refractivity contribution in [2.75, 3.05) is 11.9 Å². The number of rotatable bonds is 6. The third-order valence-electron chi connectivity index (χ3n) is 4.74. The van der Waals surface area contributed by atoms with Crippen LogP contribution in [0.1, 0.15) is 48.5 Å². The van der Waals surface area contributed by atoms with E-state index in [1.54, 1.807) is 6.92 Å². The van der Waals surface area contributed by atoms with Gasteiger partial charge in [0.1, 0.15) is 6.10 Å². The SMILES string of the molecule is CC(=O)c1cn(CCC(=O)Nc2n[nH]c(C3CCCO3)n2)c2ccccc12. The standard InChI is InChI=1S/C19H21N5O3/c1-12(25)14-11-24(15-6-3-2-5-13(14)15)9-8-17(26)20-19-21-18(22-23-19)16-7-4-10-27-16/h2-3,5-6,11,16H,4,7-10H2,1H3,(H2,20,21,22,23,26). The summed E-state index contributed by atoms with van der Waals surface area (Å²) < 4.78 is 7.48. The maximum Gasteiger partial charge on any atom is 0.248 e. The first-order valence-electron chi connectivity index (χ1n) is 9.04. The van der Waals surface area contributed by atoms with Crippen LogP contribution >= 0.6 is 0 Å². The Balaban J connectivity index is 1.41. The molecule has 3 aromatic rings. The lowest BCUT2D eigenvalue weighted by molar-refractivity contribution is -0.116. The molecule has 1 fully saturated rings. The highest BCUT2D eigenvalue weighted by Crippen LogP contribution is 2.26. The van der Waals surface area contributed by atoms with Crippen molar-refractivity contribution in [3.63, 3.8) is 0 Å². The Labute approximate surface area is 155 Å². The molecule has 1 atom stereocenters. The quantitative estimate of drug-likeness (QED) is 0.652. The van der Waals surface area contributed by atoms with E-state index in [0.717, 1.165) is 30.4 Å². The molecule has 1 amide bonds. The molecule has 0 saturated carbocycles. The van der Waals surface area contributed by atoms with E-state index in [0.29, 0.717) is 17.9 Å². The van der Waals surface area contributed by atoms with E-state index in [1.165, 1.54) is 0 Å². The molecule has 0 spiro atoms. The Bertz CT molecular complexity index is 984. The Hall–Kier alpha value is -3.00. The van der Waals surface area contributed by atoms with Gasteiger partial charge in [0.15, 0.2) is 11.6 Å². The molecule has 27 heavy (non-hydrogen) atoms. The van der Waals surface area contributed by atoms with Gasteiger partial charge in [0.05, 0.1) is 0 Å². The summed E-state index contributed by atoms with van der Waals surface area (Å²) in [7, 11) is 0. The normalized spacial score (nSPS) is 16.7. The van der Waals surface area contributed by atoms with Crippen LogP contribution in [0.2, 0.25) is 0 Å². The van der Waals surface area contributed by atoms with Gasteiger partial charge in [-0.1, -0.05) is 18.2 Å². The highest BCUT2D eigenvalue weighted by Gasteiger charge is 2.21. The van der Waals surface area contributed by atoms with Gasteiger partial charge in [-0.05, 0) is 25.8 Å². The van der Waals surface area contributed by atoms with Gasteiger partial charge in [0, 0.05) is 42.2 Å². The molecule has 1 unspecified atom stereocenters. The largest absolute Gasteiger partial charge is 0.370 e. The molecule has 1 saturated heterocycles. The lowest BCUT2D eigenvalue weighted by Crippen LogP contribution is -2.15. The molecule has 2 aromatic heterocycles. The first-order valence-corrected chi connectivity index (χ1v) is 9.04. The number of ether oxygens (including phenoxy) is 1. The summed E-state index contributed by atoms with van der Waals surface area (Å²) >= 11 is 0. The molecular formula is C19H21N5O3. The summed E-state index contributed by atoms with van der Waals surface area (Å²) in [5.74, 6) is 0.726. The number of para-hydroxylation sites is 1. The van der Waals surface area contributed by atoms with E-state index in [4.69, 9.17) is 4.74 Å². The maximum absolute atomic E-state index is 12.3. The monoisotopic (exact) mass is 367 g/mol. The van der Waals surface area contributed by atoms with E-state index < -0.39 is 0 Å². The summed E-state index contributed by atoms with van der Waals surface area (Å²) in [6.45, 7) is 2.73. The number of Topliss-reactive ketones (excluding diaryl/α,β-unsaturated/α-hetero) is 1. The number of hydrogen-bond donors (Lipinski definition) is 2. The topological polar surface area (TPSA) is 102 Å². The molecular weight excluding hydrogens is 346 g/mol. The van der Waals surface area contributed by atoms with Crippen molar-refractivity contribution in [2.24, 2.45) is 0 Å². The number of aryl methyl sites for hydroxylation is 1. The zero-order valence-electron chi connectivity index (χ0n) is 15.1. The van der Waals surface area contributed by atoms with Crippen LogP contribution in [-0.4, -0.2) is 38.0 Å². The van der Waals surface area contributed by atoms with Gasteiger partial charge in [0.2, 0.25) is 11.9 Å². The fraction of sp³-hybridized carbons (Fsp3) is 0.368. The van der Waals surface area contributed by atoms with Crippen LogP contribution in [-0.2, 0) is 16.1 Å². The second kappa shape index (κ2) is 7.32. The van der Waals surface area contributed by atoms with Crippen molar-refractivity contribution in [2.45, 2.75) is 38.8 Å². The molecule has 1 aliphatic rings. The summed E-state index contributed by atoms with van der Waals surface area (Å²) in [5.41, 5.74) is 1.61. The first-order chi connectivity index (χ1) is 13.1. The van der Waals surface area contributed by atoms with Crippen LogP contribution < -0.4 is 5.32 Å². The lowest BCUT2D eigenvalue weighted by atomic mass is 10.1. The third kappa shape index (κ3) is 3.61. The van der Waals surface area contributed by atoms with Crippen molar-refractivity contribution in [1.29, 1.82) is 0 Å². The Kier molecular flexibility index (Phi) is 4.72. The number of carbonyl (C=O) groups excluding carboxylic acids is 2. The minimum Gasteiger partial charge on any atom is -0.370 e. The molecule has 0 radical (unpaired) electrons. The predicted molar refractivity (Wildman–Crippen MR) is 99.5 cm³/mol. The van der Waals surface area contributed by atoms with Crippen LogP contribution in [0.3, 0.4) is 0 Å².